The first-order chi connectivity index (χ1) is 13.0. The van der Waals surface area contributed by atoms with E-state index in [-0.39, 0.29) is 18.2 Å². The highest BCUT2D eigenvalue weighted by molar-refractivity contribution is 5.94. The molecule has 0 spiro atoms. The van der Waals surface area contributed by atoms with E-state index in [4.69, 9.17) is 9.47 Å². The summed E-state index contributed by atoms with van der Waals surface area (Å²) in [5.41, 5.74) is 1.46. The van der Waals surface area contributed by atoms with E-state index in [2.05, 4.69) is 5.32 Å². The second kappa shape index (κ2) is 6.80. The number of rotatable bonds is 1. The number of carbonyl (C=O) groups excluding carboxylic acids is 2. The van der Waals surface area contributed by atoms with Crippen LogP contribution in [0.2, 0.25) is 0 Å². The van der Waals surface area contributed by atoms with Crippen molar-refractivity contribution in [3.05, 3.63) is 41.6 Å². The molecule has 0 saturated carbocycles. The summed E-state index contributed by atoms with van der Waals surface area (Å²) in [4.78, 5) is 24.6. The van der Waals surface area contributed by atoms with Crippen LogP contribution < -0.4 is 5.32 Å². The molecule has 0 bridgehead atoms. The van der Waals surface area contributed by atoms with Gasteiger partial charge in [-0.3, -0.25) is 4.79 Å². The molecule has 146 valence electrons. The van der Waals surface area contributed by atoms with Crippen LogP contribution >= 0.6 is 0 Å². The second-order valence-corrected chi connectivity index (χ2v) is 8.14. The van der Waals surface area contributed by atoms with Gasteiger partial charge < -0.3 is 14.8 Å². The van der Waals surface area contributed by atoms with Gasteiger partial charge in [0.15, 0.2) is 0 Å². The van der Waals surface area contributed by atoms with Crippen molar-refractivity contribution in [1.29, 1.82) is 5.26 Å². The molecule has 2 heterocycles. The molecule has 1 aliphatic heterocycles. The van der Waals surface area contributed by atoms with Crippen molar-refractivity contribution >= 4 is 17.7 Å². The molecule has 1 N–H and O–H groups in total. The lowest BCUT2D eigenvalue weighted by Crippen LogP contribution is -2.28. The average molecular weight is 381 g/mol. The highest BCUT2D eigenvalue weighted by atomic mass is 16.6. The summed E-state index contributed by atoms with van der Waals surface area (Å²) in [6.45, 7) is 9.03. The van der Waals surface area contributed by atoms with Crippen molar-refractivity contribution in [2.24, 2.45) is 0 Å². The lowest BCUT2D eigenvalue weighted by Gasteiger charge is -2.25. The van der Waals surface area contributed by atoms with E-state index in [1.165, 1.54) is 4.57 Å². The number of nitrogens with zero attached hydrogens (tertiary/aromatic N) is 2. The topological polar surface area (TPSA) is 93.3 Å². The van der Waals surface area contributed by atoms with Crippen LogP contribution in [0.5, 0.6) is 0 Å². The summed E-state index contributed by atoms with van der Waals surface area (Å²) in [7, 11) is 0. The molecule has 0 radical (unpaired) electrons. The van der Waals surface area contributed by atoms with Crippen molar-refractivity contribution in [2.75, 3.05) is 11.9 Å². The van der Waals surface area contributed by atoms with E-state index in [0.29, 0.717) is 16.9 Å². The summed E-state index contributed by atoms with van der Waals surface area (Å²) < 4.78 is 12.5. The molecule has 3 rings (SSSR count). The number of hydrogen-bond acceptors (Lipinski definition) is 5. The van der Waals surface area contributed by atoms with E-state index < -0.39 is 17.3 Å². The number of anilines is 1. The number of aromatic nitrogens is 1. The first kappa shape index (κ1) is 19.6. The van der Waals surface area contributed by atoms with E-state index >= 15 is 0 Å². The van der Waals surface area contributed by atoms with Crippen molar-refractivity contribution in [3.8, 4) is 17.3 Å². The fourth-order valence-corrected chi connectivity index (χ4v) is 3.07. The van der Waals surface area contributed by atoms with Gasteiger partial charge in [0.05, 0.1) is 11.3 Å². The summed E-state index contributed by atoms with van der Waals surface area (Å²) in [5.74, 6) is -0.219. The molecule has 0 fully saturated rings. The van der Waals surface area contributed by atoms with Crippen molar-refractivity contribution in [2.45, 2.75) is 45.8 Å². The number of fused-ring (bicyclic) bond motifs is 1. The Hall–Kier alpha value is -3.11. The molecule has 0 atom stereocenters. The Labute approximate surface area is 163 Å². The quantitative estimate of drug-likeness (QED) is 0.805. The minimum atomic E-state index is -0.702. The molecule has 1 amide bonds. The zero-order chi connectivity index (χ0) is 20.7. The number of hydrogen-bond donors (Lipinski definition) is 1. The third-order valence-corrected chi connectivity index (χ3v) is 4.37. The molecule has 1 aromatic heterocycles. The predicted octanol–water partition coefficient (Wildman–Crippen LogP) is 4.01. The number of nitrogens with one attached hydrogen (secondary N) is 1. The normalized spacial score (nSPS) is 15.8. The number of nitriles is 1. The highest BCUT2D eigenvalue weighted by Crippen LogP contribution is 2.37. The Morgan fingerprint density at radius 2 is 2.00 bits per heavy atom. The van der Waals surface area contributed by atoms with Crippen LogP contribution in [0.15, 0.2) is 30.3 Å². The SMILES string of the molecule is CC(C)(C)OC(=O)n1c(C#N)ccc1-c1ccc2c(c1)C(C)(C)OCC(=O)N2. The fraction of sp³-hybridized carbons (Fsp3) is 0.381. The van der Waals surface area contributed by atoms with Gasteiger partial charge in [-0.05, 0) is 64.4 Å². The largest absolute Gasteiger partial charge is 0.443 e. The van der Waals surface area contributed by atoms with E-state index in [0.717, 1.165) is 5.56 Å². The van der Waals surface area contributed by atoms with E-state index in [9.17, 15) is 14.9 Å². The van der Waals surface area contributed by atoms with Crippen molar-refractivity contribution in [1.82, 2.24) is 4.57 Å². The zero-order valence-corrected chi connectivity index (χ0v) is 16.6. The van der Waals surface area contributed by atoms with Gasteiger partial charge in [-0.2, -0.15) is 5.26 Å². The van der Waals surface area contributed by atoms with Crippen LogP contribution in [0.25, 0.3) is 11.3 Å². The molecule has 0 saturated heterocycles. The van der Waals surface area contributed by atoms with Gasteiger partial charge in [0, 0.05) is 11.3 Å². The number of benzene rings is 1. The van der Waals surface area contributed by atoms with Gasteiger partial charge in [-0.15, -0.1) is 0 Å². The van der Waals surface area contributed by atoms with Crippen LogP contribution in [0.3, 0.4) is 0 Å². The molecule has 7 heteroatoms. The second-order valence-electron chi connectivity index (χ2n) is 8.14. The Bertz CT molecular complexity index is 990. The lowest BCUT2D eigenvalue weighted by atomic mass is 9.93. The summed E-state index contributed by atoms with van der Waals surface area (Å²) in [6, 6.07) is 10.7. The average Bonchev–Trinajstić information content (AvgIpc) is 2.98. The lowest BCUT2D eigenvalue weighted by molar-refractivity contribution is -0.125. The van der Waals surface area contributed by atoms with Gasteiger partial charge in [0.25, 0.3) is 0 Å². The molecular weight excluding hydrogens is 358 g/mol. The van der Waals surface area contributed by atoms with Gasteiger partial charge in [0.2, 0.25) is 5.91 Å². The molecule has 2 aromatic rings. The Morgan fingerprint density at radius 3 is 2.64 bits per heavy atom. The fourth-order valence-electron chi connectivity index (χ4n) is 3.07. The summed E-state index contributed by atoms with van der Waals surface area (Å²) in [5, 5.41) is 12.2. The monoisotopic (exact) mass is 381 g/mol. The molecule has 1 aliphatic rings. The first-order valence-electron chi connectivity index (χ1n) is 8.96. The van der Waals surface area contributed by atoms with Gasteiger partial charge in [-0.1, -0.05) is 6.07 Å². The zero-order valence-electron chi connectivity index (χ0n) is 16.6. The first-order valence-corrected chi connectivity index (χ1v) is 8.96. The molecule has 0 aliphatic carbocycles. The third-order valence-electron chi connectivity index (χ3n) is 4.37. The van der Waals surface area contributed by atoms with Gasteiger partial charge >= 0.3 is 6.09 Å². The Balaban J connectivity index is 2.12. The molecule has 28 heavy (non-hydrogen) atoms. The smallest absolute Gasteiger partial charge is 0.420 e. The van der Waals surface area contributed by atoms with Gasteiger partial charge in [0.1, 0.15) is 24.0 Å². The molecular formula is C21H23N3O4. The standard InChI is InChI=1S/C21H23N3O4/c1-20(2,3)28-19(26)24-14(11-22)7-9-17(24)13-6-8-16-15(10-13)21(4,5)27-12-18(25)23-16/h6-10H,12H2,1-5H3,(H,23,25). The number of ether oxygens (including phenoxy) is 2. The highest BCUT2D eigenvalue weighted by Gasteiger charge is 2.30. The van der Waals surface area contributed by atoms with Crippen LogP contribution in [-0.4, -0.2) is 28.8 Å². The van der Waals surface area contributed by atoms with E-state index in [1.54, 1.807) is 45.0 Å². The minimum absolute atomic E-state index is 0.0378. The molecule has 7 nitrogen and oxygen atoms in total. The Morgan fingerprint density at radius 1 is 1.29 bits per heavy atom. The number of amides is 1. The minimum Gasteiger partial charge on any atom is -0.443 e. The van der Waals surface area contributed by atoms with Crippen LogP contribution in [0.4, 0.5) is 10.5 Å². The van der Waals surface area contributed by atoms with Crippen LogP contribution in [0.1, 0.15) is 45.9 Å². The van der Waals surface area contributed by atoms with Crippen molar-refractivity contribution < 1.29 is 19.1 Å². The van der Waals surface area contributed by atoms with Crippen LogP contribution in [-0.2, 0) is 19.9 Å². The molecule has 0 unspecified atom stereocenters. The maximum Gasteiger partial charge on any atom is 0.420 e. The number of carbonyl (C=O) groups is 2. The van der Waals surface area contributed by atoms with Crippen molar-refractivity contribution in [3.63, 3.8) is 0 Å². The maximum atomic E-state index is 12.7. The van der Waals surface area contributed by atoms with Crippen LogP contribution in [0, 0.1) is 11.3 Å². The summed E-state index contributed by atoms with van der Waals surface area (Å²) in [6.07, 6.45) is -0.622. The summed E-state index contributed by atoms with van der Waals surface area (Å²) >= 11 is 0. The molecule has 1 aromatic carbocycles. The van der Waals surface area contributed by atoms with Gasteiger partial charge in [-0.25, -0.2) is 9.36 Å². The Kier molecular flexibility index (Phi) is 4.77. The van der Waals surface area contributed by atoms with E-state index in [1.807, 2.05) is 26.0 Å². The predicted molar refractivity (Wildman–Crippen MR) is 104 cm³/mol. The third kappa shape index (κ3) is 3.78. The maximum absolute atomic E-state index is 12.7.